The summed E-state index contributed by atoms with van der Waals surface area (Å²) in [4.78, 5) is 0. The third-order valence-electron chi connectivity index (χ3n) is 9.38. The Balaban J connectivity index is 3.61. The van der Waals surface area contributed by atoms with Crippen molar-refractivity contribution in [1.29, 1.82) is 0 Å². The van der Waals surface area contributed by atoms with E-state index in [0.29, 0.717) is 0 Å². The summed E-state index contributed by atoms with van der Waals surface area (Å²) in [6.45, 7) is 4.70. The Hall–Kier alpha value is -0.130. The van der Waals surface area contributed by atoms with Crippen LogP contribution < -0.4 is 0 Å². The minimum absolute atomic E-state index is 0.135. The lowest BCUT2D eigenvalue weighted by molar-refractivity contribution is 0.204. The maximum Gasteiger partial charge on any atom is 0.397 e. The van der Waals surface area contributed by atoms with Crippen LogP contribution in [0.15, 0.2) is 0 Å². The molecule has 0 fully saturated rings. The maximum absolute atomic E-state index is 11.1. The molecule has 4 nitrogen and oxygen atoms in total. The predicted octanol–water partition coefficient (Wildman–Crippen LogP) is 13.7. The van der Waals surface area contributed by atoms with Crippen molar-refractivity contribution in [2.75, 3.05) is 6.61 Å². The molecule has 0 aliphatic carbocycles. The second kappa shape index (κ2) is 34.7. The van der Waals surface area contributed by atoms with Crippen molar-refractivity contribution in [3.05, 3.63) is 0 Å². The summed E-state index contributed by atoms with van der Waals surface area (Å²) in [5, 5.41) is 0. The van der Waals surface area contributed by atoms with Crippen LogP contribution in [0.2, 0.25) is 0 Å². The fourth-order valence-electron chi connectivity index (χ4n) is 6.46. The van der Waals surface area contributed by atoms with Crippen molar-refractivity contribution in [2.24, 2.45) is 5.92 Å². The smallest absolute Gasteiger partial charge is 0.264 e. The topological polar surface area (TPSA) is 63.6 Å². The molecule has 0 bridgehead atoms. The van der Waals surface area contributed by atoms with Gasteiger partial charge in [-0.15, -0.1) is 0 Å². The fraction of sp³-hybridized carbons (Fsp3) is 1.00. The van der Waals surface area contributed by atoms with Gasteiger partial charge in [-0.25, -0.2) is 4.18 Å². The molecule has 1 unspecified atom stereocenters. The van der Waals surface area contributed by atoms with E-state index in [4.69, 9.17) is 8.74 Å². The van der Waals surface area contributed by atoms with Crippen LogP contribution in [0.5, 0.6) is 0 Å². The number of unbranched alkanes of at least 4 members (excludes halogenated alkanes) is 30. The van der Waals surface area contributed by atoms with Gasteiger partial charge in [0, 0.05) is 0 Å². The first kappa shape index (κ1) is 42.9. The Morgan fingerprint density at radius 1 is 0.395 bits per heavy atom. The average Bonchev–Trinajstić information content (AvgIpc) is 2.98. The van der Waals surface area contributed by atoms with Crippen LogP contribution in [0.1, 0.15) is 232 Å². The SMILES string of the molecule is CCCCCCCCCCCCCCCCCCCCCCC(CCCCCCCCCCCCCC)COS(=O)(=O)O. The largest absolute Gasteiger partial charge is 0.397 e. The second-order valence-electron chi connectivity index (χ2n) is 13.8. The highest BCUT2D eigenvalue weighted by Gasteiger charge is 2.13. The van der Waals surface area contributed by atoms with E-state index in [1.807, 2.05) is 0 Å². The van der Waals surface area contributed by atoms with Crippen LogP contribution in [-0.4, -0.2) is 19.6 Å². The van der Waals surface area contributed by atoms with Gasteiger partial charge in [0.15, 0.2) is 0 Å². The Bertz CT molecular complexity index is 621. The van der Waals surface area contributed by atoms with Gasteiger partial charge in [0.1, 0.15) is 0 Å². The van der Waals surface area contributed by atoms with Gasteiger partial charge in [0.05, 0.1) is 6.61 Å². The molecule has 260 valence electrons. The lowest BCUT2D eigenvalue weighted by atomic mass is 9.94. The molecule has 0 radical (unpaired) electrons. The highest BCUT2D eigenvalue weighted by atomic mass is 32.3. The van der Waals surface area contributed by atoms with Gasteiger partial charge in [0.25, 0.3) is 0 Å². The molecular weight excluding hydrogens is 552 g/mol. The molecule has 0 aromatic carbocycles. The van der Waals surface area contributed by atoms with Crippen molar-refractivity contribution in [3.8, 4) is 0 Å². The van der Waals surface area contributed by atoms with Gasteiger partial charge in [-0.05, 0) is 18.8 Å². The van der Waals surface area contributed by atoms with Gasteiger partial charge in [-0.1, -0.05) is 219 Å². The number of rotatable bonds is 37. The first-order chi connectivity index (χ1) is 21.0. The number of hydrogen-bond donors (Lipinski definition) is 1. The summed E-state index contributed by atoms with van der Waals surface area (Å²) < 4.78 is 36.0. The lowest BCUT2D eigenvalue weighted by Gasteiger charge is -2.16. The third-order valence-corrected chi connectivity index (χ3v) is 9.82. The molecule has 0 rings (SSSR count). The fourth-order valence-corrected chi connectivity index (χ4v) is 6.82. The highest BCUT2D eigenvalue weighted by Crippen LogP contribution is 2.21. The average molecular weight is 631 g/mol. The zero-order valence-electron chi connectivity index (χ0n) is 29.4. The molecule has 0 aliphatic rings. The van der Waals surface area contributed by atoms with Crippen molar-refractivity contribution >= 4 is 10.4 Å². The van der Waals surface area contributed by atoms with E-state index in [0.717, 1.165) is 25.7 Å². The molecule has 1 N–H and O–H groups in total. The monoisotopic (exact) mass is 631 g/mol. The summed E-state index contributed by atoms with van der Waals surface area (Å²) >= 11 is 0. The molecule has 43 heavy (non-hydrogen) atoms. The first-order valence-electron chi connectivity index (χ1n) is 19.6. The van der Waals surface area contributed by atoms with E-state index in [-0.39, 0.29) is 12.5 Å². The van der Waals surface area contributed by atoms with Gasteiger partial charge >= 0.3 is 10.4 Å². The van der Waals surface area contributed by atoms with Crippen LogP contribution >= 0.6 is 0 Å². The lowest BCUT2D eigenvalue weighted by Crippen LogP contribution is -2.14. The Morgan fingerprint density at radius 3 is 0.814 bits per heavy atom. The molecule has 5 heteroatoms. The van der Waals surface area contributed by atoms with Gasteiger partial charge in [0.2, 0.25) is 0 Å². The summed E-state index contributed by atoms with van der Waals surface area (Å²) in [5.74, 6) is 0.237. The van der Waals surface area contributed by atoms with Crippen LogP contribution in [0.25, 0.3) is 0 Å². The molecule has 0 spiro atoms. The summed E-state index contributed by atoms with van der Waals surface area (Å²) in [7, 11) is -4.34. The molecule has 0 saturated carbocycles. The van der Waals surface area contributed by atoms with Gasteiger partial charge < -0.3 is 0 Å². The molecule has 0 saturated heterocycles. The summed E-state index contributed by atoms with van der Waals surface area (Å²) in [6.07, 6.45) is 45.7. The maximum atomic E-state index is 11.1. The molecule has 0 aliphatic heterocycles. The number of hydrogen-bond acceptors (Lipinski definition) is 3. The quantitative estimate of drug-likeness (QED) is 0.0548. The normalized spacial score (nSPS) is 12.7. The molecule has 1 atom stereocenters. The van der Waals surface area contributed by atoms with E-state index in [1.54, 1.807) is 0 Å². The summed E-state index contributed by atoms with van der Waals surface area (Å²) in [6, 6.07) is 0. The van der Waals surface area contributed by atoms with Crippen molar-refractivity contribution in [3.63, 3.8) is 0 Å². The zero-order valence-corrected chi connectivity index (χ0v) is 30.2. The van der Waals surface area contributed by atoms with Crippen molar-refractivity contribution in [1.82, 2.24) is 0 Å². The first-order valence-corrected chi connectivity index (χ1v) is 21.0. The molecule has 0 aromatic rings. The third kappa shape index (κ3) is 38.0. The Kier molecular flexibility index (Phi) is 34.6. The van der Waals surface area contributed by atoms with E-state index >= 15 is 0 Å². The van der Waals surface area contributed by atoms with E-state index < -0.39 is 10.4 Å². The van der Waals surface area contributed by atoms with Gasteiger partial charge in [-0.3, -0.25) is 4.55 Å². The highest BCUT2D eigenvalue weighted by molar-refractivity contribution is 7.80. The molecular formula is C38H78O4S. The van der Waals surface area contributed by atoms with E-state index in [1.165, 1.54) is 193 Å². The standard InChI is InChI=1S/C38H78O4S/c1-3-5-7-9-11-13-15-17-18-19-20-21-22-23-24-26-28-30-32-34-36-38(37-42-43(39,40)41)35-33-31-29-27-25-16-14-12-10-8-6-4-2/h38H,3-37H2,1-2H3,(H,39,40,41). The van der Waals surface area contributed by atoms with E-state index in [2.05, 4.69) is 13.8 Å². The van der Waals surface area contributed by atoms with Crippen LogP contribution in [0.4, 0.5) is 0 Å². The van der Waals surface area contributed by atoms with Crippen LogP contribution in [0.3, 0.4) is 0 Å². The summed E-state index contributed by atoms with van der Waals surface area (Å²) in [5.41, 5.74) is 0. The van der Waals surface area contributed by atoms with E-state index in [9.17, 15) is 8.42 Å². The Labute approximate surface area is 271 Å². The second-order valence-corrected chi connectivity index (χ2v) is 14.9. The van der Waals surface area contributed by atoms with Gasteiger partial charge in [-0.2, -0.15) is 8.42 Å². The minimum Gasteiger partial charge on any atom is -0.264 e. The molecule has 0 aromatic heterocycles. The van der Waals surface area contributed by atoms with Crippen LogP contribution in [0, 0.1) is 5.92 Å². The van der Waals surface area contributed by atoms with Crippen molar-refractivity contribution < 1.29 is 17.2 Å². The predicted molar refractivity (Wildman–Crippen MR) is 189 cm³/mol. The van der Waals surface area contributed by atoms with Crippen LogP contribution in [-0.2, 0) is 14.6 Å². The Morgan fingerprint density at radius 2 is 0.605 bits per heavy atom. The van der Waals surface area contributed by atoms with Crippen molar-refractivity contribution in [2.45, 2.75) is 232 Å². The zero-order chi connectivity index (χ0) is 31.5. The minimum atomic E-state index is -4.34. The molecule has 0 amide bonds. The molecule has 0 heterocycles.